The van der Waals surface area contributed by atoms with Gasteiger partial charge in [0.15, 0.2) is 11.5 Å². The van der Waals surface area contributed by atoms with E-state index in [4.69, 9.17) is 15.9 Å². The summed E-state index contributed by atoms with van der Waals surface area (Å²) in [4.78, 5) is 26.6. The number of rotatable bonds is 5. The van der Waals surface area contributed by atoms with Crippen LogP contribution >= 0.6 is 27.7 Å². The van der Waals surface area contributed by atoms with Gasteiger partial charge in [0.2, 0.25) is 0 Å². The van der Waals surface area contributed by atoms with Crippen LogP contribution in [0.4, 0.5) is 10.5 Å². The van der Waals surface area contributed by atoms with E-state index < -0.39 is 5.91 Å². The zero-order chi connectivity index (χ0) is 19.4. The van der Waals surface area contributed by atoms with Crippen LogP contribution in [0.25, 0.3) is 6.08 Å². The number of carbonyl (C=O) groups excluding carboxylic acids is 2. The minimum absolute atomic E-state index is 0.0460. The number of ether oxygens (including phenoxy) is 2. The second-order valence-electron chi connectivity index (χ2n) is 5.37. The van der Waals surface area contributed by atoms with Gasteiger partial charge < -0.3 is 9.47 Å². The number of nitrogens with zero attached hydrogens (tertiary/aromatic N) is 1. The van der Waals surface area contributed by atoms with Gasteiger partial charge in [0.25, 0.3) is 11.1 Å². The zero-order valence-corrected chi connectivity index (χ0v) is 16.7. The molecule has 0 atom stereocenters. The minimum atomic E-state index is -0.391. The van der Waals surface area contributed by atoms with Crippen molar-refractivity contribution < 1.29 is 19.1 Å². The highest BCUT2D eigenvalue weighted by Gasteiger charge is 2.36. The van der Waals surface area contributed by atoms with Crippen molar-refractivity contribution in [3.8, 4) is 23.8 Å². The molecule has 0 saturated carbocycles. The number of para-hydroxylation sites is 1. The molecule has 0 N–H and O–H groups in total. The molecule has 7 heteroatoms. The molecule has 2 amide bonds. The summed E-state index contributed by atoms with van der Waals surface area (Å²) in [7, 11) is 1.51. The third kappa shape index (κ3) is 4.02. The normalized spacial score (nSPS) is 15.1. The van der Waals surface area contributed by atoms with E-state index in [9.17, 15) is 9.59 Å². The number of carbonyl (C=O) groups is 2. The molecular formula is C20H14BrNO4S. The standard InChI is InChI=1S/C20H14BrNO4S/c1-3-9-26-18-13(10-14(21)12-16(18)25-2)11-17-19(23)22(20(24)27-17)15-7-5-4-6-8-15/h1,4-8,10-12H,9H2,2H3/b17-11-. The number of anilines is 1. The van der Waals surface area contributed by atoms with Crippen LogP contribution in [-0.4, -0.2) is 24.9 Å². The number of hydrogen-bond acceptors (Lipinski definition) is 5. The number of methoxy groups -OCH3 is 1. The maximum atomic E-state index is 12.8. The Morgan fingerprint density at radius 3 is 2.67 bits per heavy atom. The maximum Gasteiger partial charge on any atom is 0.298 e. The van der Waals surface area contributed by atoms with E-state index in [1.165, 1.54) is 7.11 Å². The fraction of sp³-hybridized carbons (Fsp3) is 0.100. The van der Waals surface area contributed by atoms with Gasteiger partial charge in [-0.1, -0.05) is 40.0 Å². The third-order valence-corrected chi connectivity index (χ3v) is 4.99. The first-order valence-corrected chi connectivity index (χ1v) is 9.43. The molecule has 1 aliphatic rings. The number of terminal acetylenes is 1. The number of imide groups is 1. The van der Waals surface area contributed by atoms with Crippen LogP contribution < -0.4 is 14.4 Å². The Labute approximate surface area is 169 Å². The van der Waals surface area contributed by atoms with Gasteiger partial charge in [-0.3, -0.25) is 9.59 Å². The SMILES string of the molecule is C#CCOc1c(/C=C2\SC(=O)N(c3ccccc3)C2=O)cc(Br)cc1OC. The van der Waals surface area contributed by atoms with Gasteiger partial charge in [-0.05, 0) is 42.1 Å². The van der Waals surface area contributed by atoms with Gasteiger partial charge in [0.1, 0.15) is 6.61 Å². The van der Waals surface area contributed by atoms with Crippen LogP contribution in [-0.2, 0) is 4.79 Å². The van der Waals surface area contributed by atoms with Crippen LogP contribution in [0.2, 0.25) is 0 Å². The van der Waals surface area contributed by atoms with Crippen molar-refractivity contribution in [2.45, 2.75) is 0 Å². The van der Waals surface area contributed by atoms with Crippen molar-refractivity contribution in [3.63, 3.8) is 0 Å². The highest BCUT2D eigenvalue weighted by Crippen LogP contribution is 2.40. The fourth-order valence-corrected chi connectivity index (χ4v) is 3.81. The molecule has 2 aromatic rings. The van der Waals surface area contributed by atoms with E-state index in [0.717, 1.165) is 21.1 Å². The maximum absolute atomic E-state index is 12.8. The van der Waals surface area contributed by atoms with E-state index in [2.05, 4.69) is 21.9 Å². The molecule has 5 nitrogen and oxygen atoms in total. The molecule has 136 valence electrons. The second kappa shape index (κ2) is 8.33. The smallest absolute Gasteiger partial charge is 0.298 e. The predicted molar refractivity (Wildman–Crippen MR) is 110 cm³/mol. The van der Waals surface area contributed by atoms with Crippen molar-refractivity contribution in [1.29, 1.82) is 0 Å². The van der Waals surface area contributed by atoms with E-state index in [0.29, 0.717) is 22.7 Å². The average Bonchev–Trinajstić information content (AvgIpc) is 2.94. The van der Waals surface area contributed by atoms with E-state index in [-0.39, 0.29) is 16.8 Å². The lowest BCUT2D eigenvalue weighted by molar-refractivity contribution is -0.113. The number of thioether (sulfide) groups is 1. The van der Waals surface area contributed by atoms with Gasteiger partial charge in [0, 0.05) is 10.0 Å². The van der Waals surface area contributed by atoms with Gasteiger partial charge in [-0.25, -0.2) is 4.90 Å². The first kappa shape index (κ1) is 19.1. The summed E-state index contributed by atoms with van der Waals surface area (Å²) >= 11 is 4.28. The molecule has 3 rings (SSSR count). The topological polar surface area (TPSA) is 55.8 Å². The Hall–Kier alpha value is -2.69. The summed E-state index contributed by atoms with van der Waals surface area (Å²) in [5.41, 5.74) is 1.11. The van der Waals surface area contributed by atoms with Gasteiger partial charge in [0.05, 0.1) is 17.7 Å². The van der Waals surface area contributed by atoms with E-state index in [1.807, 2.05) is 6.07 Å². The predicted octanol–water partition coefficient (Wildman–Crippen LogP) is 4.71. The minimum Gasteiger partial charge on any atom is -0.493 e. The summed E-state index contributed by atoms with van der Waals surface area (Å²) in [5.74, 6) is 2.89. The van der Waals surface area contributed by atoms with Crippen LogP contribution in [0.3, 0.4) is 0 Å². The summed E-state index contributed by atoms with van der Waals surface area (Å²) < 4.78 is 11.7. The largest absolute Gasteiger partial charge is 0.493 e. The molecular weight excluding hydrogens is 430 g/mol. The van der Waals surface area contributed by atoms with Gasteiger partial charge >= 0.3 is 0 Å². The first-order valence-electron chi connectivity index (χ1n) is 7.82. The molecule has 2 aromatic carbocycles. The molecule has 0 aromatic heterocycles. The third-order valence-electron chi connectivity index (χ3n) is 3.66. The van der Waals surface area contributed by atoms with E-state index >= 15 is 0 Å². The van der Waals surface area contributed by atoms with Crippen LogP contribution in [0, 0.1) is 12.3 Å². The fourth-order valence-electron chi connectivity index (χ4n) is 2.52. The summed E-state index contributed by atoms with van der Waals surface area (Å²) in [6, 6.07) is 12.3. The Kier molecular flexibility index (Phi) is 5.89. The molecule has 0 radical (unpaired) electrons. The van der Waals surface area contributed by atoms with Crippen LogP contribution in [0.1, 0.15) is 5.56 Å². The number of hydrogen-bond donors (Lipinski definition) is 0. The average molecular weight is 444 g/mol. The molecule has 0 bridgehead atoms. The Bertz CT molecular complexity index is 966. The first-order chi connectivity index (χ1) is 13.0. The summed E-state index contributed by atoms with van der Waals surface area (Å²) in [6.07, 6.45) is 6.89. The highest BCUT2D eigenvalue weighted by atomic mass is 79.9. The molecule has 1 fully saturated rings. The van der Waals surface area contributed by atoms with Crippen molar-refractivity contribution in [3.05, 3.63) is 57.4 Å². The lowest BCUT2D eigenvalue weighted by Gasteiger charge is -2.13. The molecule has 0 spiro atoms. The lowest BCUT2D eigenvalue weighted by Crippen LogP contribution is -2.27. The number of halogens is 1. The molecule has 0 aliphatic carbocycles. The van der Waals surface area contributed by atoms with Gasteiger partial charge in [-0.2, -0.15) is 0 Å². The lowest BCUT2D eigenvalue weighted by atomic mass is 10.1. The molecule has 1 aliphatic heterocycles. The Balaban J connectivity index is 2.02. The van der Waals surface area contributed by atoms with Crippen molar-refractivity contribution in [2.75, 3.05) is 18.6 Å². The van der Waals surface area contributed by atoms with E-state index in [1.54, 1.807) is 42.5 Å². The quantitative estimate of drug-likeness (QED) is 0.494. The molecule has 0 unspecified atom stereocenters. The highest BCUT2D eigenvalue weighted by molar-refractivity contribution is 9.10. The van der Waals surface area contributed by atoms with Crippen LogP contribution in [0.15, 0.2) is 51.8 Å². The van der Waals surface area contributed by atoms with Gasteiger partial charge in [-0.15, -0.1) is 6.42 Å². The number of benzene rings is 2. The number of amides is 2. The summed E-state index contributed by atoms with van der Waals surface area (Å²) in [5, 5.41) is -0.356. The summed E-state index contributed by atoms with van der Waals surface area (Å²) in [6.45, 7) is 0.0460. The second-order valence-corrected chi connectivity index (χ2v) is 7.28. The van der Waals surface area contributed by atoms with Crippen LogP contribution in [0.5, 0.6) is 11.5 Å². The van der Waals surface area contributed by atoms with Crippen molar-refractivity contribution in [2.24, 2.45) is 0 Å². The molecule has 1 saturated heterocycles. The van der Waals surface area contributed by atoms with Crippen molar-refractivity contribution >= 4 is 50.6 Å². The zero-order valence-electron chi connectivity index (χ0n) is 14.3. The Morgan fingerprint density at radius 2 is 2.00 bits per heavy atom. The Morgan fingerprint density at radius 1 is 1.26 bits per heavy atom. The molecule has 27 heavy (non-hydrogen) atoms. The molecule has 1 heterocycles. The monoisotopic (exact) mass is 443 g/mol. The van der Waals surface area contributed by atoms with Crippen molar-refractivity contribution in [1.82, 2.24) is 0 Å².